The molecule has 1 unspecified atom stereocenters. The summed E-state index contributed by atoms with van der Waals surface area (Å²) in [6.45, 7) is 12.3. The number of aromatic nitrogens is 3. The van der Waals surface area contributed by atoms with Crippen LogP contribution in [0.3, 0.4) is 0 Å². The van der Waals surface area contributed by atoms with Crippen molar-refractivity contribution in [1.82, 2.24) is 20.1 Å². The first kappa shape index (κ1) is 20.7. The molecule has 0 saturated heterocycles. The molecule has 1 aliphatic rings. The maximum absolute atomic E-state index is 6.11. The number of nitrogens with one attached hydrogen (secondary N) is 1. The smallest absolute Gasteiger partial charge is 0.180 e. The van der Waals surface area contributed by atoms with E-state index in [-0.39, 0.29) is 0 Å². The highest BCUT2D eigenvalue weighted by atomic mass is 35.5. The first-order valence-corrected chi connectivity index (χ1v) is 10.6. The van der Waals surface area contributed by atoms with Crippen molar-refractivity contribution in [2.45, 2.75) is 47.2 Å². The van der Waals surface area contributed by atoms with Crippen molar-refractivity contribution in [2.24, 2.45) is 4.99 Å². The van der Waals surface area contributed by atoms with Gasteiger partial charge in [-0.2, -0.15) is 0 Å². The van der Waals surface area contributed by atoms with Crippen molar-refractivity contribution < 1.29 is 0 Å². The Morgan fingerprint density at radius 1 is 1.07 bits per heavy atom. The van der Waals surface area contributed by atoms with E-state index < -0.39 is 5.66 Å². The molecule has 0 amide bonds. The summed E-state index contributed by atoms with van der Waals surface area (Å²) in [5.74, 6) is 1.65. The largest absolute Gasteiger partial charge is 0.290 e. The lowest BCUT2D eigenvalue weighted by atomic mass is 9.99. The third-order valence-corrected chi connectivity index (χ3v) is 6.45. The first-order valence-electron chi connectivity index (χ1n) is 9.43. The number of benzene rings is 1. The minimum absolute atomic E-state index is 0.685. The van der Waals surface area contributed by atoms with Gasteiger partial charge in [-0.1, -0.05) is 37.6 Å². The second-order valence-corrected chi connectivity index (χ2v) is 8.30. The van der Waals surface area contributed by atoms with E-state index in [1.807, 2.05) is 59.0 Å². The summed E-state index contributed by atoms with van der Waals surface area (Å²) < 4.78 is 2.13. The van der Waals surface area contributed by atoms with Crippen molar-refractivity contribution >= 4 is 28.6 Å². The fraction of sp³-hybridized carbons (Fsp3) is 0.381. The summed E-state index contributed by atoms with van der Waals surface area (Å²) in [5, 5.41) is 13.9. The fourth-order valence-corrected chi connectivity index (χ4v) is 4.61. The Morgan fingerprint density at radius 3 is 2.32 bits per heavy atom. The van der Waals surface area contributed by atoms with Crippen LogP contribution < -0.4 is 5.32 Å². The highest BCUT2D eigenvalue weighted by Crippen LogP contribution is 2.39. The van der Waals surface area contributed by atoms with Gasteiger partial charge < -0.3 is 0 Å². The van der Waals surface area contributed by atoms with E-state index in [2.05, 4.69) is 33.9 Å². The van der Waals surface area contributed by atoms with E-state index in [0.29, 0.717) is 5.02 Å². The van der Waals surface area contributed by atoms with Gasteiger partial charge in [-0.15, -0.1) is 21.5 Å². The van der Waals surface area contributed by atoms with Gasteiger partial charge in [0, 0.05) is 21.0 Å². The van der Waals surface area contributed by atoms with Crippen LogP contribution in [0.1, 0.15) is 54.0 Å². The Hall–Kier alpha value is -2.02. The summed E-state index contributed by atoms with van der Waals surface area (Å²) in [6.07, 6.45) is 0. The molecule has 0 fully saturated rings. The Balaban J connectivity index is 0.00000109. The molecule has 0 aliphatic carbocycles. The van der Waals surface area contributed by atoms with Gasteiger partial charge in [-0.25, -0.2) is 0 Å². The van der Waals surface area contributed by atoms with Crippen molar-refractivity contribution in [3.8, 4) is 5.00 Å². The van der Waals surface area contributed by atoms with Crippen LogP contribution in [0, 0.1) is 20.8 Å². The number of aliphatic imine (C=N–C) groups is 1. The van der Waals surface area contributed by atoms with Crippen LogP contribution in [0.5, 0.6) is 0 Å². The standard InChI is InChI=1S/C19H20ClN5S.C2H6/c1-10-11(2)26-17-15(10)16(13-6-8-14(20)9-7-13)22-19(4,21-5)18-24-23-12(3)25(17)18;1-2/h6-9,21H,1-5H3;1-2H3. The highest BCUT2D eigenvalue weighted by Gasteiger charge is 2.37. The summed E-state index contributed by atoms with van der Waals surface area (Å²) in [5.41, 5.74) is 3.67. The van der Waals surface area contributed by atoms with Crippen LogP contribution >= 0.6 is 22.9 Å². The zero-order chi connectivity index (χ0) is 20.6. The lowest BCUT2D eigenvalue weighted by Crippen LogP contribution is -2.37. The molecule has 3 heterocycles. The number of aryl methyl sites for hydroxylation is 2. The summed E-state index contributed by atoms with van der Waals surface area (Å²) in [6, 6.07) is 7.85. The number of hydrogen-bond donors (Lipinski definition) is 1. The fourth-order valence-electron chi connectivity index (χ4n) is 3.28. The molecule has 5 nitrogen and oxygen atoms in total. The molecule has 1 N–H and O–H groups in total. The monoisotopic (exact) mass is 415 g/mol. The molecule has 0 radical (unpaired) electrons. The van der Waals surface area contributed by atoms with Crippen LogP contribution in [-0.2, 0) is 5.66 Å². The molecule has 148 valence electrons. The van der Waals surface area contributed by atoms with Crippen LogP contribution in [-0.4, -0.2) is 27.5 Å². The van der Waals surface area contributed by atoms with Gasteiger partial charge in [0.2, 0.25) is 0 Å². The third kappa shape index (κ3) is 3.19. The minimum Gasteiger partial charge on any atom is -0.290 e. The number of rotatable bonds is 2. The average Bonchev–Trinajstić information content (AvgIpc) is 3.19. The normalized spacial score (nSPS) is 17.8. The number of hydrogen-bond acceptors (Lipinski definition) is 5. The molecule has 7 heteroatoms. The van der Waals surface area contributed by atoms with Crippen molar-refractivity contribution in [3.05, 3.63) is 62.5 Å². The Bertz CT molecular complexity index is 1030. The third-order valence-electron chi connectivity index (χ3n) is 5.01. The predicted molar refractivity (Wildman–Crippen MR) is 118 cm³/mol. The van der Waals surface area contributed by atoms with Crippen molar-refractivity contribution in [2.75, 3.05) is 7.05 Å². The second-order valence-electron chi connectivity index (χ2n) is 6.66. The second kappa shape index (κ2) is 7.78. The molecule has 28 heavy (non-hydrogen) atoms. The summed E-state index contributed by atoms with van der Waals surface area (Å²) in [7, 11) is 1.90. The van der Waals surface area contributed by atoms with E-state index in [9.17, 15) is 0 Å². The van der Waals surface area contributed by atoms with Crippen molar-refractivity contribution in [1.29, 1.82) is 0 Å². The Morgan fingerprint density at radius 2 is 1.71 bits per heavy atom. The topological polar surface area (TPSA) is 55.1 Å². The average molecular weight is 416 g/mol. The number of halogens is 1. The van der Waals surface area contributed by atoms with E-state index in [1.165, 1.54) is 10.4 Å². The Kier molecular flexibility index (Phi) is 5.75. The summed E-state index contributed by atoms with van der Waals surface area (Å²) >= 11 is 7.86. The van der Waals surface area contributed by atoms with Crippen LogP contribution in [0.15, 0.2) is 29.3 Å². The van der Waals surface area contributed by atoms with Crippen molar-refractivity contribution in [3.63, 3.8) is 0 Å². The number of fused-ring (bicyclic) bond motifs is 3. The van der Waals surface area contributed by atoms with E-state index in [1.54, 1.807) is 11.3 Å². The Labute approximate surface area is 175 Å². The number of nitrogens with zero attached hydrogens (tertiary/aromatic N) is 4. The van der Waals surface area contributed by atoms with Crippen LogP contribution in [0.4, 0.5) is 0 Å². The lowest BCUT2D eigenvalue weighted by Gasteiger charge is -2.23. The van der Waals surface area contributed by atoms with E-state index in [4.69, 9.17) is 16.6 Å². The lowest BCUT2D eigenvalue weighted by molar-refractivity contribution is 0.391. The van der Waals surface area contributed by atoms with Gasteiger partial charge >= 0.3 is 0 Å². The van der Waals surface area contributed by atoms with Gasteiger partial charge in [0.1, 0.15) is 10.8 Å². The zero-order valence-electron chi connectivity index (χ0n) is 17.4. The predicted octanol–water partition coefficient (Wildman–Crippen LogP) is 5.18. The summed E-state index contributed by atoms with van der Waals surface area (Å²) in [4.78, 5) is 6.41. The molecule has 1 aliphatic heterocycles. The molecular weight excluding hydrogens is 390 g/mol. The molecule has 0 bridgehead atoms. The first-order chi connectivity index (χ1) is 13.4. The quantitative estimate of drug-likeness (QED) is 0.627. The maximum Gasteiger partial charge on any atom is 0.180 e. The van der Waals surface area contributed by atoms with Gasteiger partial charge in [0.05, 0.1) is 5.71 Å². The van der Waals surface area contributed by atoms with Gasteiger partial charge in [-0.05, 0) is 52.4 Å². The zero-order valence-corrected chi connectivity index (χ0v) is 19.0. The van der Waals surface area contributed by atoms with Crippen LogP contribution in [0.25, 0.3) is 5.00 Å². The van der Waals surface area contributed by atoms with E-state index >= 15 is 0 Å². The molecule has 1 aromatic carbocycles. The molecule has 2 aromatic heterocycles. The maximum atomic E-state index is 6.11. The van der Waals surface area contributed by atoms with E-state index in [0.717, 1.165) is 33.5 Å². The van der Waals surface area contributed by atoms with Gasteiger partial charge in [0.25, 0.3) is 0 Å². The molecule has 3 aromatic rings. The molecule has 0 spiro atoms. The molecule has 4 rings (SSSR count). The highest BCUT2D eigenvalue weighted by molar-refractivity contribution is 7.15. The minimum atomic E-state index is -0.685. The van der Waals surface area contributed by atoms with Gasteiger partial charge in [0.15, 0.2) is 11.5 Å². The molecule has 1 atom stereocenters. The SMILES string of the molecule is CC.CNC1(C)N=C(c2ccc(Cl)cc2)c2c(sc(C)c2C)-n2c(C)nnc21. The number of thiophene rings is 1. The van der Waals surface area contributed by atoms with Crippen LogP contribution in [0.2, 0.25) is 5.02 Å². The van der Waals surface area contributed by atoms with Gasteiger partial charge in [-0.3, -0.25) is 14.9 Å². The molecular formula is C21H26ClN5S. The molecule has 0 saturated carbocycles.